The Morgan fingerprint density at radius 3 is 2.48 bits per heavy atom. The third-order valence-corrected chi connectivity index (χ3v) is 6.64. The van der Waals surface area contributed by atoms with E-state index in [0.717, 1.165) is 28.7 Å². The molecule has 166 valence electrons. The minimum absolute atomic E-state index is 0.0292. The minimum Gasteiger partial charge on any atom is -0.390 e. The van der Waals surface area contributed by atoms with Gasteiger partial charge in [-0.05, 0) is 36.2 Å². The van der Waals surface area contributed by atoms with Crippen molar-refractivity contribution in [2.75, 3.05) is 25.0 Å². The van der Waals surface area contributed by atoms with Crippen molar-refractivity contribution in [3.05, 3.63) is 64.8 Å². The summed E-state index contributed by atoms with van der Waals surface area (Å²) in [5, 5.41) is 25.6. The van der Waals surface area contributed by atoms with Crippen LogP contribution in [0, 0.1) is 16.0 Å². The van der Waals surface area contributed by atoms with Crippen LogP contribution in [-0.4, -0.2) is 53.5 Å². The van der Waals surface area contributed by atoms with Crippen LogP contribution in [0.25, 0.3) is 10.9 Å². The van der Waals surface area contributed by atoms with Crippen LogP contribution >= 0.6 is 0 Å². The van der Waals surface area contributed by atoms with Gasteiger partial charge in [0, 0.05) is 54.6 Å². The van der Waals surface area contributed by atoms with Gasteiger partial charge in [-0.2, -0.15) is 4.31 Å². The number of non-ortho nitro benzene ring substituents is 1. The van der Waals surface area contributed by atoms with Gasteiger partial charge in [0.15, 0.2) is 0 Å². The maximum atomic E-state index is 13.1. The first-order valence-corrected chi connectivity index (χ1v) is 11.3. The quantitative estimate of drug-likeness (QED) is 0.324. The van der Waals surface area contributed by atoms with E-state index in [0.29, 0.717) is 0 Å². The number of sulfonamides is 1. The van der Waals surface area contributed by atoms with Crippen molar-refractivity contribution >= 4 is 32.3 Å². The predicted molar refractivity (Wildman–Crippen MR) is 119 cm³/mol. The average molecular weight is 447 g/mol. The Morgan fingerprint density at radius 2 is 1.84 bits per heavy atom. The lowest BCUT2D eigenvalue weighted by Gasteiger charge is -2.26. The van der Waals surface area contributed by atoms with Crippen molar-refractivity contribution in [2.45, 2.75) is 24.8 Å². The molecular formula is C21H26N4O5S. The maximum absolute atomic E-state index is 13.1. The Kier molecular flexibility index (Phi) is 6.94. The Balaban J connectivity index is 1.73. The van der Waals surface area contributed by atoms with E-state index in [1.807, 2.05) is 44.3 Å². The third kappa shape index (κ3) is 5.40. The standard InChI is InChI=1S/C21H26N4O5S/c1-15(2)13-24(31(29,30)18-8-6-16(7-9-18)25(27)28)14-17(26)12-23-21-5-3-4-20-19(21)10-11-22-20/h3-11,15,17,22-23,26H,12-14H2,1-2H3/t17-/m0/s1. The molecule has 3 aromatic rings. The normalized spacial score (nSPS) is 13.1. The van der Waals surface area contributed by atoms with E-state index in [9.17, 15) is 23.6 Å². The number of H-pyrrole nitrogens is 1. The molecule has 1 heterocycles. The van der Waals surface area contributed by atoms with Gasteiger partial charge in [0.25, 0.3) is 5.69 Å². The predicted octanol–water partition coefficient (Wildman–Crippen LogP) is 3.20. The molecule has 0 saturated carbocycles. The lowest BCUT2D eigenvalue weighted by molar-refractivity contribution is -0.384. The monoisotopic (exact) mass is 446 g/mol. The van der Waals surface area contributed by atoms with E-state index in [1.165, 1.54) is 16.4 Å². The van der Waals surface area contributed by atoms with Crippen LogP contribution in [0.4, 0.5) is 11.4 Å². The van der Waals surface area contributed by atoms with Crippen LogP contribution in [0.1, 0.15) is 13.8 Å². The van der Waals surface area contributed by atoms with E-state index in [2.05, 4.69) is 10.3 Å². The summed E-state index contributed by atoms with van der Waals surface area (Å²) in [6.45, 7) is 4.04. The second kappa shape index (κ2) is 9.46. The van der Waals surface area contributed by atoms with Gasteiger partial charge in [-0.25, -0.2) is 8.42 Å². The first-order chi connectivity index (χ1) is 14.7. The highest BCUT2D eigenvalue weighted by atomic mass is 32.2. The van der Waals surface area contributed by atoms with Crippen LogP contribution < -0.4 is 5.32 Å². The number of nitro groups is 1. The Bertz CT molecular complexity index is 1140. The molecule has 1 aromatic heterocycles. The number of hydrogen-bond donors (Lipinski definition) is 3. The first kappa shape index (κ1) is 22.7. The van der Waals surface area contributed by atoms with Crippen LogP contribution in [0.5, 0.6) is 0 Å². The van der Waals surface area contributed by atoms with E-state index in [4.69, 9.17) is 0 Å². The van der Waals surface area contributed by atoms with Crippen molar-refractivity contribution in [1.29, 1.82) is 0 Å². The van der Waals surface area contributed by atoms with Gasteiger partial charge in [-0.3, -0.25) is 10.1 Å². The van der Waals surface area contributed by atoms with Gasteiger partial charge in [-0.15, -0.1) is 0 Å². The second-order valence-electron chi connectivity index (χ2n) is 7.75. The Hall–Kier alpha value is -2.95. The smallest absolute Gasteiger partial charge is 0.269 e. The molecular weight excluding hydrogens is 420 g/mol. The summed E-state index contributed by atoms with van der Waals surface area (Å²) in [5.41, 5.74) is 1.62. The lowest BCUT2D eigenvalue weighted by Crippen LogP contribution is -2.41. The molecule has 31 heavy (non-hydrogen) atoms. The number of hydrogen-bond acceptors (Lipinski definition) is 6. The number of nitro benzene ring substituents is 1. The lowest BCUT2D eigenvalue weighted by atomic mass is 10.2. The summed E-state index contributed by atoms with van der Waals surface area (Å²) in [4.78, 5) is 13.3. The zero-order valence-electron chi connectivity index (χ0n) is 17.4. The van der Waals surface area contributed by atoms with Crippen LogP contribution in [-0.2, 0) is 10.0 Å². The average Bonchev–Trinajstić information content (AvgIpc) is 3.21. The fourth-order valence-electron chi connectivity index (χ4n) is 3.33. The SMILES string of the molecule is CC(C)CN(C[C@@H](O)CNc1cccc2[nH]ccc12)S(=O)(=O)c1ccc([N+](=O)[O-])cc1. The largest absolute Gasteiger partial charge is 0.390 e. The Labute approximate surface area is 180 Å². The molecule has 10 heteroatoms. The highest BCUT2D eigenvalue weighted by Gasteiger charge is 2.28. The number of anilines is 1. The molecule has 0 fully saturated rings. The van der Waals surface area contributed by atoms with Gasteiger partial charge in [0.05, 0.1) is 15.9 Å². The molecule has 0 aliphatic heterocycles. The molecule has 3 N–H and O–H groups in total. The van der Waals surface area contributed by atoms with Gasteiger partial charge < -0.3 is 15.4 Å². The zero-order chi connectivity index (χ0) is 22.6. The number of fused-ring (bicyclic) bond motifs is 1. The highest BCUT2D eigenvalue weighted by Crippen LogP contribution is 2.23. The summed E-state index contributed by atoms with van der Waals surface area (Å²) in [5.74, 6) is 0.0292. The minimum atomic E-state index is -3.92. The number of aliphatic hydroxyl groups excluding tert-OH is 1. The summed E-state index contributed by atoms with van der Waals surface area (Å²) in [6.07, 6.45) is 0.869. The third-order valence-electron chi connectivity index (χ3n) is 4.79. The molecule has 2 aromatic carbocycles. The number of aliphatic hydroxyl groups is 1. The van der Waals surface area contributed by atoms with E-state index < -0.39 is 21.1 Å². The van der Waals surface area contributed by atoms with E-state index in [1.54, 1.807) is 0 Å². The van der Waals surface area contributed by atoms with Crippen LogP contribution in [0.3, 0.4) is 0 Å². The fraction of sp³-hybridized carbons (Fsp3) is 0.333. The number of benzene rings is 2. The number of aromatic nitrogens is 1. The molecule has 0 spiro atoms. The van der Waals surface area contributed by atoms with Gasteiger partial charge in [-0.1, -0.05) is 19.9 Å². The van der Waals surface area contributed by atoms with Crippen LogP contribution in [0.15, 0.2) is 59.6 Å². The summed E-state index contributed by atoms with van der Waals surface area (Å²) < 4.78 is 27.5. The fourth-order valence-corrected chi connectivity index (χ4v) is 4.97. The van der Waals surface area contributed by atoms with Crippen molar-refractivity contribution in [3.8, 4) is 0 Å². The highest BCUT2D eigenvalue weighted by molar-refractivity contribution is 7.89. The van der Waals surface area contributed by atoms with Crippen molar-refractivity contribution in [1.82, 2.24) is 9.29 Å². The molecule has 0 aliphatic rings. The molecule has 0 radical (unpaired) electrons. The second-order valence-corrected chi connectivity index (χ2v) is 9.68. The summed E-state index contributed by atoms with van der Waals surface area (Å²) in [6, 6.07) is 12.4. The summed E-state index contributed by atoms with van der Waals surface area (Å²) >= 11 is 0. The number of nitrogens with one attached hydrogen (secondary N) is 2. The zero-order valence-corrected chi connectivity index (χ0v) is 18.2. The number of nitrogens with zero attached hydrogens (tertiary/aromatic N) is 2. The van der Waals surface area contributed by atoms with Crippen LogP contribution in [0.2, 0.25) is 0 Å². The molecule has 0 bridgehead atoms. The van der Waals surface area contributed by atoms with Crippen molar-refractivity contribution in [2.24, 2.45) is 5.92 Å². The molecule has 3 rings (SSSR count). The van der Waals surface area contributed by atoms with Gasteiger partial charge >= 0.3 is 0 Å². The van der Waals surface area contributed by atoms with E-state index in [-0.39, 0.29) is 36.1 Å². The molecule has 0 aliphatic carbocycles. The first-order valence-electron chi connectivity index (χ1n) is 9.91. The maximum Gasteiger partial charge on any atom is 0.269 e. The topological polar surface area (TPSA) is 129 Å². The number of rotatable bonds is 10. The van der Waals surface area contributed by atoms with Gasteiger partial charge in [0.1, 0.15) is 0 Å². The van der Waals surface area contributed by atoms with Crippen molar-refractivity contribution in [3.63, 3.8) is 0 Å². The molecule has 0 unspecified atom stereocenters. The van der Waals surface area contributed by atoms with E-state index >= 15 is 0 Å². The molecule has 1 atom stereocenters. The Morgan fingerprint density at radius 1 is 1.13 bits per heavy atom. The summed E-state index contributed by atoms with van der Waals surface area (Å²) in [7, 11) is -3.92. The van der Waals surface area contributed by atoms with Gasteiger partial charge in [0.2, 0.25) is 10.0 Å². The van der Waals surface area contributed by atoms with Crippen molar-refractivity contribution < 1.29 is 18.4 Å². The molecule has 0 saturated heterocycles. The molecule has 9 nitrogen and oxygen atoms in total. The number of aromatic amines is 1. The molecule has 0 amide bonds.